The summed E-state index contributed by atoms with van der Waals surface area (Å²) < 4.78 is 21.9. The molecule has 4 rings (SSSR count). The van der Waals surface area contributed by atoms with Crippen LogP contribution < -0.4 is 15.8 Å². The van der Waals surface area contributed by atoms with E-state index < -0.39 is 29.0 Å². The van der Waals surface area contributed by atoms with E-state index in [2.05, 4.69) is 5.32 Å². The minimum Gasteiger partial charge on any atom is -0.477 e. The van der Waals surface area contributed by atoms with Gasteiger partial charge in [0.2, 0.25) is 0 Å². The topological polar surface area (TPSA) is 100 Å². The molecule has 1 saturated heterocycles. The quantitative estimate of drug-likeness (QED) is 0.679. The van der Waals surface area contributed by atoms with Crippen LogP contribution in [0.15, 0.2) is 17.1 Å². The van der Waals surface area contributed by atoms with Crippen molar-refractivity contribution < 1.29 is 23.8 Å². The summed E-state index contributed by atoms with van der Waals surface area (Å²) in [5.74, 6) is -1.60. The summed E-state index contributed by atoms with van der Waals surface area (Å²) in [4.78, 5) is 38.5. The van der Waals surface area contributed by atoms with Crippen molar-refractivity contribution in [2.75, 3.05) is 18.0 Å². The van der Waals surface area contributed by atoms with Crippen LogP contribution in [0.3, 0.4) is 0 Å². The van der Waals surface area contributed by atoms with Gasteiger partial charge in [0.25, 0.3) is 5.56 Å². The molecular formula is C25H32FN3O5. The van der Waals surface area contributed by atoms with Gasteiger partial charge in [-0.15, -0.1) is 0 Å². The van der Waals surface area contributed by atoms with Crippen molar-refractivity contribution in [2.45, 2.75) is 71.4 Å². The second kappa shape index (κ2) is 8.60. The maximum atomic E-state index is 15.4. The van der Waals surface area contributed by atoms with Gasteiger partial charge in [-0.2, -0.15) is 0 Å². The van der Waals surface area contributed by atoms with Gasteiger partial charge in [0.05, 0.1) is 17.4 Å². The molecule has 0 spiro atoms. The number of rotatable bonds is 5. The number of aromatic nitrogens is 1. The van der Waals surface area contributed by atoms with E-state index in [1.54, 1.807) is 27.7 Å². The van der Waals surface area contributed by atoms with E-state index in [-0.39, 0.29) is 23.4 Å². The number of fused-ring (bicyclic) bond motifs is 1. The highest BCUT2D eigenvalue weighted by Crippen LogP contribution is 2.44. The summed E-state index contributed by atoms with van der Waals surface area (Å²) in [5.41, 5.74) is 0.780. The molecule has 1 aliphatic carbocycles. The molecule has 34 heavy (non-hydrogen) atoms. The summed E-state index contributed by atoms with van der Waals surface area (Å²) >= 11 is 0. The number of nitrogens with one attached hydrogen (secondary N) is 1. The average Bonchev–Trinajstić information content (AvgIpc) is 3.44. The number of pyridine rings is 2. The van der Waals surface area contributed by atoms with Crippen LogP contribution in [0.2, 0.25) is 0 Å². The van der Waals surface area contributed by atoms with Crippen LogP contribution in [0.25, 0.3) is 5.52 Å². The lowest BCUT2D eigenvalue weighted by Crippen LogP contribution is -2.42. The Balaban J connectivity index is 1.65. The number of nitrogens with zero attached hydrogens (tertiary/aromatic N) is 2. The monoisotopic (exact) mass is 473 g/mol. The van der Waals surface area contributed by atoms with Crippen molar-refractivity contribution in [2.24, 2.45) is 5.92 Å². The van der Waals surface area contributed by atoms with Crippen LogP contribution in [0, 0.1) is 18.7 Å². The van der Waals surface area contributed by atoms with Gasteiger partial charge < -0.3 is 20.1 Å². The zero-order chi connectivity index (χ0) is 24.9. The molecule has 2 aliphatic rings. The normalized spacial score (nSPS) is 19.4. The van der Waals surface area contributed by atoms with Crippen LogP contribution in [0.1, 0.15) is 74.4 Å². The first-order valence-corrected chi connectivity index (χ1v) is 11.7. The van der Waals surface area contributed by atoms with Gasteiger partial charge in [-0.1, -0.05) is 0 Å². The highest BCUT2D eigenvalue weighted by atomic mass is 19.1. The van der Waals surface area contributed by atoms with Crippen LogP contribution in [-0.4, -0.2) is 46.3 Å². The fourth-order valence-electron chi connectivity index (χ4n) is 4.90. The number of anilines is 1. The molecule has 3 heterocycles. The van der Waals surface area contributed by atoms with Gasteiger partial charge in [0, 0.05) is 19.1 Å². The van der Waals surface area contributed by atoms with Gasteiger partial charge in [-0.05, 0) is 82.9 Å². The first kappa shape index (κ1) is 24.0. The molecule has 2 fully saturated rings. The number of amides is 1. The third kappa shape index (κ3) is 4.60. The average molecular weight is 474 g/mol. The summed E-state index contributed by atoms with van der Waals surface area (Å²) in [7, 11) is 0. The number of carboxylic acid groups (broad SMARTS) is 1. The second-order valence-corrected chi connectivity index (χ2v) is 10.5. The Morgan fingerprint density at radius 2 is 1.94 bits per heavy atom. The van der Waals surface area contributed by atoms with Gasteiger partial charge in [-0.3, -0.25) is 9.20 Å². The Labute approximate surface area is 197 Å². The van der Waals surface area contributed by atoms with Gasteiger partial charge in [0.1, 0.15) is 11.2 Å². The predicted molar refractivity (Wildman–Crippen MR) is 126 cm³/mol. The molecule has 0 aromatic carbocycles. The molecule has 1 saturated carbocycles. The molecule has 8 nitrogen and oxygen atoms in total. The van der Waals surface area contributed by atoms with E-state index in [4.69, 9.17) is 4.74 Å². The van der Waals surface area contributed by atoms with Crippen LogP contribution >= 0.6 is 0 Å². The molecule has 0 unspecified atom stereocenters. The molecule has 9 heteroatoms. The van der Waals surface area contributed by atoms with Crippen molar-refractivity contribution >= 4 is 23.3 Å². The molecular weight excluding hydrogens is 441 g/mol. The second-order valence-electron chi connectivity index (χ2n) is 10.5. The summed E-state index contributed by atoms with van der Waals surface area (Å²) in [5, 5.41) is 12.4. The summed E-state index contributed by atoms with van der Waals surface area (Å²) in [6.45, 7) is 10.3. The predicted octanol–water partition coefficient (Wildman–Crippen LogP) is 4.06. The Kier molecular flexibility index (Phi) is 6.08. The SMILES string of the molecule is Cc1c(N2CC[C@H]([C@@H](C)NC(=O)OC(C)(C)C)C2)c(F)cn2c(=O)c(C(=O)O)cc(C3CC3)c12. The van der Waals surface area contributed by atoms with Crippen LogP contribution in [-0.2, 0) is 4.74 Å². The summed E-state index contributed by atoms with van der Waals surface area (Å²) in [6.07, 6.45) is 3.24. The van der Waals surface area contributed by atoms with E-state index in [0.29, 0.717) is 29.9 Å². The summed E-state index contributed by atoms with van der Waals surface area (Å²) in [6, 6.07) is 1.30. The molecule has 1 aliphatic heterocycles. The van der Waals surface area contributed by atoms with E-state index >= 15 is 4.39 Å². The van der Waals surface area contributed by atoms with Crippen molar-refractivity contribution in [3.05, 3.63) is 45.1 Å². The van der Waals surface area contributed by atoms with Crippen molar-refractivity contribution in [3.63, 3.8) is 0 Å². The molecule has 0 radical (unpaired) electrons. The molecule has 2 aromatic rings. The first-order valence-electron chi connectivity index (χ1n) is 11.7. The fourth-order valence-corrected chi connectivity index (χ4v) is 4.90. The molecule has 2 N–H and O–H groups in total. The smallest absolute Gasteiger partial charge is 0.407 e. The van der Waals surface area contributed by atoms with Crippen LogP contribution in [0.5, 0.6) is 0 Å². The molecule has 184 valence electrons. The Morgan fingerprint density at radius 3 is 2.53 bits per heavy atom. The number of aromatic carboxylic acids is 1. The third-order valence-corrected chi connectivity index (χ3v) is 6.68. The highest BCUT2D eigenvalue weighted by molar-refractivity contribution is 5.89. The largest absolute Gasteiger partial charge is 0.477 e. The number of alkyl carbamates (subject to hydrolysis) is 1. The molecule has 0 bridgehead atoms. The third-order valence-electron chi connectivity index (χ3n) is 6.68. The maximum absolute atomic E-state index is 15.4. The number of halogens is 1. The van der Waals surface area contributed by atoms with Crippen LogP contribution in [0.4, 0.5) is 14.9 Å². The van der Waals surface area contributed by atoms with Gasteiger partial charge in [0.15, 0.2) is 5.82 Å². The maximum Gasteiger partial charge on any atom is 0.407 e. The number of aryl methyl sites for hydroxylation is 1. The van der Waals surface area contributed by atoms with E-state index in [0.717, 1.165) is 35.4 Å². The van der Waals surface area contributed by atoms with E-state index in [1.807, 2.05) is 11.8 Å². The van der Waals surface area contributed by atoms with Crippen molar-refractivity contribution in [1.82, 2.24) is 9.72 Å². The molecule has 1 amide bonds. The lowest BCUT2D eigenvalue weighted by atomic mass is 10.0. The van der Waals surface area contributed by atoms with E-state index in [1.165, 1.54) is 6.07 Å². The van der Waals surface area contributed by atoms with Crippen molar-refractivity contribution in [3.8, 4) is 0 Å². The lowest BCUT2D eigenvalue weighted by Gasteiger charge is -2.26. The zero-order valence-electron chi connectivity index (χ0n) is 20.3. The minimum atomic E-state index is -1.31. The molecule has 2 aromatic heterocycles. The minimum absolute atomic E-state index is 0.0991. The lowest BCUT2D eigenvalue weighted by molar-refractivity contribution is 0.0494. The fraction of sp³-hybridized carbons (Fsp3) is 0.560. The van der Waals surface area contributed by atoms with Gasteiger partial charge >= 0.3 is 12.1 Å². The standard InChI is InChI=1S/C25H32FN3O5/c1-13-20-17(15-6-7-15)10-18(23(31)32)22(30)29(20)12-19(26)21(13)28-9-8-16(11-28)14(2)27-24(33)34-25(3,4)5/h10,12,14-16H,6-9,11H2,1-5H3,(H,27,33)(H,31,32)/t14-,16+/m1/s1. The number of hydrogen-bond acceptors (Lipinski definition) is 5. The number of carbonyl (C=O) groups is 2. The Bertz CT molecular complexity index is 1210. The highest BCUT2D eigenvalue weighted by Gasteiger charge is 2.34. The Morgan fingerprint density at radius 1 is 1.26 bits per heavy atom. The zero-order valence-corrected chi connectivity index (χ0v) is 20.3. The Hall–Kier alpha value is -3.10. The first-order chi connectivity index (χ1) is 15.9. The number of carboxylic acids is 1. The number of ether oxygens (including phenoxy) is 1. The van der Waals surface area contributed by atoms with Gasteiger partial charge in [-0.25, -0.2) is 14.0 Å². The number of hydrogen-bond donors (Lipinski definition) is 2. The number of carbonyl (C=O) groups excluding carboxylic acids is 1. The van der Waals surface area contributed by atoms with E-state index in [9.17, 15) is 19.5 Å². The van der Waals surface area contributed by atoms with Crippen molar-refractivity contribution in [1.29, 1.82) is 0 Å². The molecule has 2 atom stereocenters.